The van der Waals surface area contributed by atoms with Gasteiger partial charge in [-0.05, 0) is 47.9 Å². The number of hydrogen-bond acceptors (Lipinski definition) is 4. The molecule has 0 saturated heterocycles. The monoisotopic (exact) mass is 372 g/mol. The maximum atomic E-state index is 5.69. The van der Waals surface area contributed by atoms with Crippen LogP contribution in [0.25, 0.3) is 11.4 Å². The van der Waals surface area contributed by atoms with E-state index in [0.717, 1.165) is 15.8 Å². The molecule has 0 fully saturated rings. The summed E-state index contributed by atoms with van der Waals surface area (Å²) < 4.78 is 11.9. The first-order chi connectivity index (χ1) is 11.1. The maximum absolute atomic E-state index is 5.69. The van der Waals surface area contributed by atoms with Crippen LogP contribution in [0.2, 0.25) is 0 Å². The summed E-state index contributed by atoms with van der Waals surface area (Å²) in [7, 11) is 0. The van der Waals surface area contributed by atoms with Crippen molar-refractivity contribution in [3.05, 3.63) is 64.5 Å². The molecule has 23 heavy (non-hydrogen) atoms. The first-order valence-electron chi connectivity index (χ1n) is 7.43. The number of hydrogen-bond donors (Lipinski definition) is 0. The summed E-state index contributed by atoms with van der Waals surface area (Å²) in [6.45, 7) is 4.58. The lowest BCUT2D eigenvalue weighted by Crippen LogP contribution is -1.96. The molecular formula is C18H17BrN2O2. The second-order valence-electron chi connectivity index (χ2n) is 5.53. The highest BCUT2D eigenvalue weighted by Gasteiger charge is 2.09. The fourth-order valence-electron chi connectivity index (χ4n) is 2.12. The Morgan fingerprint density at radius 2 is 1.74 bits per heavy atom. The van der Waals surface area contributed by atoms with Gasteiger partial charge in [0.1, 0.15) is 5.75 Å². The van der Waals surface area contributed by atoms with Crippen molar-refractivity contribution in [2.24, 2.45) is 0 Å². The predicted molar refractivity (Wildman–Crippen MR) is 92.3 cm³/mol. The second-order valence-corrected chi connectivity index (χ2v) is 6.45. The smallest absolute Gasteiger partial charge is 0.264 e. The van der Waals surface area contributed by atoms with Gasteiger partial charge in [-0.25, -0.2) is 0 Å². The van der Waals surface area contributed by atoms with E-state index in [4.69, 9.17) is 9.26 Å². The van der Waals surface area contributed by atoms with Crippen molar-refractivity contribution in [3.8, 4) is 17.1 Å². The highest BCUT2D eigenvalue weighted by atomic mass is 79.9. The molecular weight excluding hydrogens is 356 g/mol. The topological polar surface area (TPSA) is 48.2 Å². The minimum absolute atomic E-state index is 0.255. The average Bonchev–Trinajstić information content (AvgIpc) is 3.03. The van der Waals surface area contributed by atoms with Crippen LogP contribution >= 0.6 is 15.9 Å². The lowest BCUT2D eigenvalue weighted by atomic mass is 10.0. The van der Waals surface area contributed by atoms with E-state index >= 15 is 0 Å². The van der Waals surface area contributed by atoms with Crippen LogP contribution in [-0.4, -0.2) is 10.1 Å². The third-order valence-corrected chi connectivity index (χ3v) is 4.01. The van der Waals surface area contributed by atoms with Crippen molar-refractivity contribution in [3.63, 3.8) is 0 Å². The summed E-state index contributed by atoms with van der Waals surface area (Å²) in [5.74, 6) is 2.31. The second kappa shape index (κ2) is 6.96. The van der Waals surface area contributed by atoms with Crippen LogP contribution in [0, 0.1) is 0 Å². The summed E-state index contributed by atoms with van der Waals surface area (Å²) in [6.07, 6.45) is 0. The molecule has 0 spiro atoms. The van der Waals surface area contributed by atoms with Gasteiger partial charge < -0.3 is 9.26 Å². The summed E-state index contributed by atoms with van der Waals surface area (Å²) in [5.41, 5.74) is 2.19. The van der Waals surface area contributed by atoms with Gasteiger partial charge in [-0.2, -0.15) is 4.98 Å². The van der Waals surface area contributed by atoms with Gasteiger partial charge in [-0.1, -0.05) is 47.1 Å². The van der Waals surface area contributed by atoms with Gasteiger partial charge in [-0.15, -0.1) is 0 Å². The Hall–Kier alpha value is -2.14. The third kappa shape index (κ3) is 3.99. The summed E-state index contributed by atoms with van der Waals surface area (Å²) in [4.78, 5) is 4.35. The van der Waals surface area contributed by atoms with E-state index in [1.165, 1.54) is 5.56 Å². The number of benzene rings is 2. The molecule has 4 nitrogen and oxygen atoms in total. The SMILES string of the molecule is CC(C)c1ccc(OCc2nc(-c3ccc(Br)cc3)no2)cc1. The van der Waals surface area contributed by atoms with E-state index in [-0.39, 0.29) is 6.61 Å². The Balaban J connectivity index is 1.64. The fraction of sp³-hybridized carbons (Fsp3) is 0.222. The molecule has 0 aliphatic heterocycles. The van der Waals surface area contributed by atoms with Gasteiger partial charge in [-0.3, -0.25) is 0 Å². The Morgan fingerprint density at radius 1 is 1.04 bits per heavy atom. The summed E-state index contributed by atoms with van der Waals surface area (Å²) >= 11 is 3.40. The van der Waals surface area contributed by atoms with Gasteiger partial charge in [0.15, 0.2) is 6.61 Å². The van der Waals surface area contributed by atoms with E-state index in [1.807, 2.05) is 36.4 Å². The maximum Gasteiger partial charge on any atom is 0.264 e. The van der Waals surface area contributed by atoms with Gasteiger partial charge in [0.05, 0.1) is 0 Å². The lowest BCUT2D eigenvalue weighted by molar-refractivity contribution is 0.243. The zero-order valence-electron chi connectivity index (χ0n) is 13.0. The first-order valence-corrected chi connectivity index (χ1v) is 8.22. The Labute approximate surface area is 143 Å². The molecule has 0 saturated carbocycles. The van der Waals surface area contributed by atoms with E-state index in [1.54, 1.807) is 0 Å². The summed E-state index contributed by atoms with van der Waals surface area (Å²) in [6, 6.07) is 15.8. The van der Waals surface area contributed by atoms with Crippen LogP contribution in [-0.2, 0) is 6.61 Å². The number of ether oxygens (including phenoxy) is 1. The minimum Gasteiger partial charge on any atom is -0.484 e. The van der Waals surface area contributed by atoms with Crippen molar-refractivity contribution in [1.82, 2.24) is 10.1 Å². The van der Waals surface area contributed by atoms with E-state index in [9.17, 15) is 0 Å². The van der Waals surface area contributed by atoms with E-state index < -0.39 is 0 Å². The molecule has 1 heterocycles. The molecule has 3 aromatic rings. The predicted octanol–water partition coefficient (Wildman–Crippen LogP) is 5.20. The largest absolute Gasteiger partial charge is 0.484 e. The number of aromatic nitrogens is 2. The van der Waals surface area contributed by atoms with Gasteiger partial charge in [0.25, 0.3) is 5.89 Å². The molecule has 118 valence electrons. The highest BCUT2D eigenvalue weighted by molar-refractivity contribution is 9.10. The third-order valence-electron chi connectivity index (χ3n) is 3.48. The van der Waals surface area contributed by atoms with Gasteiger partial charge in [0, 0.05) is 10.0 Å². The van der Waals surface area contributed by atoms with Crippen molar-refractivity contribution in [2.45, 2.75) is 26.4 Å². The van der Waals surface area contributed by atoms with Crippen LogP contribution in [0.3, 0.4) is 0 Å². The summed E-state index contributed by atoms with van der Waals surface area (Å²) in [5, 5.41) is 3.98. The highest BCUT2D eigenvalue weighted by Crippen LogP contribution is 2.21. The quantitative estimate of drug-likeness (QED) is 0.617. The van der Waals surface area contributed by atoms with Crippen LogP contribution < -0.4 is 4.74 Å². The molecule has 1 aromatic heterocycles. The van der Waals surface area contributed by atoms with Crippen molar-refractivity contribution < 1.29 is 9.26 Å². The van der Waals surface area contributed by atoms with Crippen molar-refractivity contribution in [2.75, 3.05) is 0 Å². The Morgan fingerprint density at radius 3 is 2.39 bits per heavy atom. The zero-order chi connectivity index (χ0) is 16.2. The van der Waals surface area contributed by atoms with Crippen LogP contribution in [0.4, 0.5) is 0 Å². The molecule has 0 amide bonds. The molecule has 0 aliphatic carbocycles. The normalized spacial score (nSPS) is 11.0. The Kier molecular flexibility index (Phi) is 4.76. The van der Waals surface area contributed by atoms with Crippen LogP contribution in [0.15, 0.2) is 57.5 Å². The molecule has 5 heteroatoms. The number of halogens is 1. The van der Waals surface area contributed by atoms with Crippen LogP contribution in [0.1, 0.15) is 31.2 Å². The van der Waals surface area contributed by atoms with E-state index in [2.05, 4.69) is 52.1 Å². The number of rotatable bonds is 5. The van der Waals surface area contributed by atoms with Crippen molar-refractivity contribution >= 4 is 15.9 Å². The zero-order valence-corrected chi connectivity index (χ0v) is 14.6. The molecule has 0 radical (unpaired) electrons. The molecule has 0 atom stereocenters. The van der Waals surface area contributed by atoms with E-state index in [0.29, 0.717) is 17.6 Å². The van der Waals surface area contributed by atoms with Crippen molar-refractivity contribution in [1.29, 1.82) is 0 Å². The number of nitrogens with zero attached hydrogens (tertiary/aromatic N) is 2. The molecule has 0 unspecified atom stereocenters. The van der Waals surface area contributed by atoms with Gasteiger partial charge >= 0.3 is 0 Å². The average molecular weight is 373 g/mol. The molecule has 0 bridgehead atoms. The lowest BCUT2D eigenvalue weighted by Gasteiger charge is -2.07. The molecule has 3 rings (SSSR count). The molecule has 0 N–H and O–H groups in total. The minimum atomic E-state index is 0.255. The Bertz CT molecular complexity index is 764. The molecule has 2 aromatic carbocycles. The molecule has 0 aliphatic rings. The standard InChI is InChI=1S/C18H17BrN2O2/c1-12(2)13-5-9-16(10-6-13)22-11-17-20-18(21-23-17)14-3-7-15(19)8-4-14/h3-10,12H,11H2,1-2H3. The first kappa shape index (κ1) is 15.7. The van der Waals surface area contributed by atoms with Gasteiger partial charge in [0.2, 0.25) is 5.82 Å². The fourth-order valence-corrected chi connectivity index (χ4v) is 2.39. The van der Waals surface area contributed by atoms with Crippen LogP contribution in [0.5, 0.6) is 5.75 Å².